The number of hydrogen-bond acceptors (Lipinski definition) is 5. The van der Waals surface area contributed by atoms with E-state index in [-0.39, 0.29) is 12.6 Å². The van der Waals surface area contributed by atoms with Gasteiger partial charge in [0, 0.05) is 11.1 Å². The van der Waals surface area contributed by atoms with Crippen molar-refractivity contribution in [1.29, 1.82) is 0 Å². The molecule has 3 rings (SSSR count). The third-order valence-electron chi connectivity index (χ3n) is 4.40. The molecule has 0 unspecified atom stereocenters. The second kappa shape index (κ2) is 9.47. The number of nitrogens with one attached hydrogen (secondary N) is 1. The van der Waals surface area contributed by atoms with Crippen molar-refractivity contribution < 1.29 is 23.8 Å². The molecular formula is C22H22ClNO5. The summed E-state index contributed by atoms with van der Waals surface area (Å²) < 4.78 is 16.0. The van der Waals surface area contributed by atoms with Crippen molar-refractivity contribution in [3.8, 4) is 11.5 Å². The zero-order chi connectivity index (χ0) is 20.8. The Labute approximate surface area is 174 Å². The first-order valence-electron chi connectivity index (χ1n) is 9.22. The molecule has 0 saturated carbocycles. The number of carbonyl (C=O) groups excluding carboxylic acids is 2. The fraction of sp³-hybridized carbons (Fsp3) is 0.273. The molecule has 1 amide bonds. The first kappa shape index (κ1) is 20.7. The molecule has 0 aliphatic carbocycles. The fourth-order valence-corrected chi connectivity index (χ4v) is 2.95. The number of amides is 1. The lowest BCUT2D eigenvalue weighted by atomic mass is 10.1. The van der Waals surface area contributed by atoms with Gasteiger partial charge in [0.15, 0.2) is 18.1 Å². The lowest BCUT2D eigenvalue weighted by molar-refractivity contribution is -0.144. The summed E-state index contributed by atoms with van der Waals surface area (Å²) in [6, 6.07) is 10.7. The molecular weight excluding hydrogens is 394 g/mol. The molecule has 0 saturated heterocycles. The molecule has 1 atom stereocenters. The van der Waals surface area contributed by atoms with E-state index >= 15 is 0 Å². The predicted molar refractivity (Wildman–Crippen MR) is 110 cm³/mol. The molecule has 1 heterocycles. The Morgan fingerprint density at radius 3 is 2.69 bits per heavy atom. The van der Waals surface area contributed by atoms with E-state index in [0.717, 1.165) is 16.7 Å². The van der Waals surface area contributed by atoms with Gasteiger partial charge in [0.25, 0.3) is 5.91 Å². The van der Waals surface area contributed by atoms with E-state index in [0.29, 0.717) is 29.7 Å². The van der Waals surface area contributed by atoms with Crippen LogP contribution in [-0.2, 0) is 14.3 Å². The third kappa shape index (κ3) is 5.74. The molecule has 0 fully saturated rings. The average molecular weight is 416 g/mol. The van der Waals surface area contributed by atoms with Gasteiger partial charge in [-0.2, -0.15) is 0 Å². The molecule has 6 nitrogen and oxygen atoms in total. The van der Waals surface area contributed by atoms with E-state index in [9.17, 15) is 9.59 Å². The van der Waals surface area contributed by atoms with Gasteiger partial charge in [0.1, 0.15) is 13.2 Å². The molecule has 0 bridgehead atoms. The summed E-state index contributed by atoms with van der Waals surface area (Å²) in [5, 5.41) is 3.41. The zero-order valence-corrected chi connectivity index (χ0v) is 17.0. The van der Waals surface area contributed by atoms with Crippen LogP contribution in [0.3, 0.4) is 0 Å². The molecule has 1 aliphatic rings. The molecule has 152 valence electrons. The quantitative estimate of drug-likeness (QED) is 0.573. The van der Waals surface area contributed by atoms with E-state index in [2.05, 4.69) is 5.32 Å². The standard InChI is InChI=1S/C22H22ClNO5/c1-14-3-4-16(11-18(14)23)5-8-22(26)29-13-21(25)24-15(2)17-6-7-19-20(12-17)28-10-9-27-19/h3-8,11-12,15H,9-10,13H2,1-2H3,(H,24,25)/b8-5+/t15-/m0/s1. The molecule has 1 N–H and O–H groups in total. The second-order valence-electron chi connectivity index (χ2n) is 6.64. The van der Waals surface area contributed by atoms with Crippen LogP contribution in [0.2, 0.25) is 5.02 Å². The van der Waals surface area contributed by atoms with Crippen LogP contribution >= 0.6 is 11.6 Å². The summed E-state index contributed by atoms with van der Waals surface area (Å²) in [7, 11) is 0. The number of hydrogen-bond donors (Lipinski definition) is 1. The van der Waals surface area contributed by atoms with E-state index in [1.54, 1.807) is 12.1 Å². The Morgan fingerprint density at radius 2 is 1.93 bits per heavy atom. The van der Waals surface area contributed by atoms with Crippen molar-refractivity contribution in [2.24, 2.45) is 0 Å². The maximum atomic E-state index is 12.1. The number of fused-ring (bicyclic) bond motifs is 1. The second-order valence-corrected chi connectivity index (χ2v) is 7.05. The van der Waals surface area contributed by atoms with Crippen molar-refractivity contribution in [3.05, 3.63) is 64.2 Å². The van der Waals surface area contributed by atoms with Crippen LogP contribution in [-0.4, -0.2) is 31.7 Å². The van der Waals surface area contributed by atoms with E-state index in [4.69, 9.17) is 25.8 Å². The highest BCUT2D eigenvalue weighted by atomic mass is 35.5. The van der Waals surface area contributed by atoms with Gasteiger partial charge in [0.05, 0.1) is 6.04 Å². The minimum Gasteiger partial charge on any atom is -0.486 e. The van der Waals surface area contributed by atoms with Crippen molar-refractivity contribution in [2.75, 3.05) is 19.8 Å². The van der Waals surface area contributed by atoms with Crippen molar-refractivity contribution in [2.45, 2.75) is 19.9 Å². The Morgan fingerprint density at radius 1 is 1.17 bits per heavy atom. The number of rotatable bonds is 6. The maximum Gasteiger partial charge on any atom is 0.331 e. The van der Waals surface area contributed by atoms with Crippen LogP contribution in [0.1, 0.15) is 29.7 Å². The summed E-state index contributed by atoms with van der Waals surface area (Å²) in [5.41, 5.74) is 2.59. The highest BCUT2D eigenvalue weighted by Crippen LogP contribution is 2.32. The van der Waals surface area contributed by atoms with Gasteiger partial charge in [-0.1, -0.05) is 29.8 Å². The predicted octanol–water partition coefficient (Wildman–Crippen LogP) is 3.85. The van der Waals surface area contributed by atoms with Gasteiger partial charge in [0.2, 0.25) is 0 Å². The first-order chi connectivity index (χ1) is 13.9. The molecule has 2 aromatic carbocycles. The van der Waals surface area contributed by atoms with Gasteiger partial charge < -0.3 is 19.5 Å². The smallest absolute Gasteiger partial charge is 0.331 e. The summed E-state index contributed by atoms with van der Waals surface area (Å²) in [6.07, 6.45) is 2.85. The highest BCUT2D eigenvalue weighted by Gasteiger charge is 2.16. The average Bonchev–Trinajstić information content (AvgIpc) is 2.72. The van der Waals surface area contributed by atoms with Crippen LogP contribution in [0.25, 0.3) is 6.08 Å². The SMILES string of the molecule is Cc1ccc(/C=C/C(=O)OCC(=O)N[C@@H](C)c2ccc3c(c2)OCCO3)cc1Cl. The number of halogens is 1. The van der Waals surface area contributed by atoms with Gasteiger partial charge in [-0.3, -0.25) is 4.79 Å². The Hall–Kier alpha value is -2.99. The highest BCUT2D eigenvalue weighted by molar-refractivity contribution is 6.31. The van der Waals surface area contributed by atoms with Crippen LogP contribution in [0, 0.1) is 6.92 Å². The molecule has 0 radical (unpaired) electrons. The lowest BCUT2D eigenvalue weighted by Crippen LogP contribution is -2.31. The summed E-state index contributed by atoms with van der Waals surface area (Å²) >= 11 is 6.05. The maximum absolute atomic E-state index is 12.1. The summed E-state index contributed by atoms with van der Waals surface area (Å²) in [5.74, 6) is 0.341. The Balaban J connectivity index is 1.48. The molecule has 0 spiro atoms. The Bertz CT molecular complexity index is 941. The van der Waals surface area contributed by atoms with Crippen LogP contribution in [0.5, 0.6) is 11.5 Å². The minimum absolute atomic E-state index is 0.276. The molecule has 1 aliphatic heterocycles. The van der Waals surface area contributed by atoms with Crippen LogP contribution < -0.4 is 14.8 Å². The number of ether oxygens (including phenoxy) is 3. The van der Waals surface area contributed by atoms with Crippen molar-refractivity contribution in [3.63, 3.8) is 0 Å². The normalized spacial score (nSPS) is 13.8. The molecule has 2 aromatic rings. The largest absolute Gasteiger partial charge is 0.486 e. The fourth-order valence-electron chi connectivity index (χ4n) is 2.76. The summed E-state index contributed by atoms with van der Waals surface area (Å²) in [6.45, 7) is 4.39. The van der Waals surface area contributed by atoms with Gasteiger partial charge >= 0.3 is 5.97 Å². The topological polar surface area (TPSA) is 73.9 Å². The molecule has 29 heavy (non-hydrogen) atoms. The lowest BCUT2D eigenvalue weighted by Gasteiger charge is -2.21. The minimum atomic E-state index is -0.608. The number of aryl methyl sites for hydroxylation is 1. The third-order valence-corrected chi connectivity index (χ3v) is 4.80. The van der Waals surface area contributed by atoms with Crippen molar-refractivity contribution in [1.82, 2.24) is 5.32 Å². The van der Waals surface area contributed by atoms with Crippen LogP contribution in [0.4, 0.5) is 0 Å². The number of esters is 1. The first-order valence-corrected chi connectivity index (χ1v) is 9.60. The van der Waals surface area contributed by atoms with E-state index in [1.807, 2.05) is 44.2 Å². The van der Waals surface area contributed by atoms with E-state index < -0.39 is 11.9 Å². The number of benzene rings is 2. The van der Waals surface area contributed by atoms with Gasteiger partial charge in [-0.25, -0.2) is 4.79 Å². The zero-order valence-electron chi connectivity index (χ0n) is 16.2. The van der Waals surface area contributed by atoms with Gasteiger partial charge in [-0.05, 0) is 54.8 Å². The molecule has 0 aromatic heterocycles. The van der Waals surface area contributed by atoms with Crippen molar-refractivity contribution >= 4 is 29.6 Å². The summed E-state index contributed by atoms with van der Waals surface area (Å²) in [4.78, 5) is 23.9. The van der Waals surface area contributed by atoms with Gasteiger partial charge in [-0.15, -0.1) is 0 Å². The van der Waals surface area contributed by atoms with Crippen LogP contribution in [0.15, 0.2) is 42.5 Å². The van der Waals surface area contributed by atoms with E-state index in [1.165, 1.54) is 6.08 Å². The monoisotopic (exact) mass is 415 g/mol. The number of carbonyl (C=O) groups is 2. The molecule has 7 heteroatoms. The Kier molecular flexibility index (Phi) is 6.77.